The van der Waals surface area contributed by atoms with Gasteiger partial charge >= 0.3 is 0 Å². The van der Waals surface area contributed by atoms with Crippen LogP contribution >= 0.6 is 11.8 Å². The zero-order valence-electron chi connectivity index (χ0n) is 10.6. The third-order valence-corrected chi connectivity index (χ3v) is 4.46. The van der Waals surface area contributed by atoms with Gasteiger partial charge in [0.2, 0.25) is 0 Å². The van der Waals surface area contributed by atoms with Crippen LogP contribution in [-0.2, 0) is 0 Å². The Morgan fingerprint density at radius 1 is 1.35 bits per heavy atom. The zero-order valence-corrected chi connectivity index (χ0v) is 11.5. The van der Waals surface area contributed by atoms with Crippen molar-refractivity contribution in [3.8, 4) is 0 Å². The highest BCUT2D eigenvalue weighted by atomic mass is 32.2. The molecular formula is C14H22N2S. The molecule has 0 spiro atoms. The Hall–Kier alpha value is -0.960. The molecule has 2 nitrogen and oxygen atoms in total. The van der Waals surface area contributed by atoms with E-state index in [0.717, 1.165) is 11.7 Å². The van der Waals surface area contributed by atoms with Crippen LogP contribution in [0.2, 0.25) is 0 Å². The van der Waals surface area contributed by atoms with Crippen LogP contribution in [-0.4, -0.2) is 11.6 Å². The maximum absolute atomic E-state index is 7.47. The molecule has 0 aliphatic rings. The summed E-state index contributed by atoms with van der Waals surface area (Å²) < 4.78 is 0. The fraction of sp³-hybridized carbons (Fsp3) is 0.500. The monoisotopic (exact) mass is 250 g/mol. The zero-order chi connectivity index (χ0) is 12.7. The summed E-state index contributed by atoms with van der Waals surface area (Å²) in [7, 11) is 0. The lowest BCUT2D eigenvalue weighted by molar-refractivity contribution is 0.635. The van der Waals surface area contributed by atoms with Gasteiger partial charge < -0.3 is 5.73 Å². The van der Waals surface area contributed by atoms with E-state index < -0.39 is 0 Å². The van der Waals surface area contributed by atoms with Gasteiger partial charge in [-0.25, -0.2) is 0 Å². The Morgan fingerprint density at radius 3 is 2.53 bits per heavy atom. The van der Waals surface area contributed by atoms with Crippen molar-refractivity contribution >= 4 is 17.6 Å². The van der Waals surface area contributed by atoms with Gasteiger partial charge in [-0.15, -0.1) is 0 Å². The minimum atomic E-state index is 0.274. The Balaban J connectivity index is 2.64. The van der Waals surface area contributed by atoms with Crippen LogP contribution in [0, 0.1) is 11.3 Å². The maximum atomic E-state index is 7.47. The van der Waals surface area contributed by atoms with E-state index in [9.17, 15) is 0 Å². The summed E-state index contributed by atoms with van der Waals surface area (Å²) in [4.78, 5) is 0. The average Bonchev–Trinajstić information content (AvgIpc) is 2.34. The summed E-state index contributed by atoms with van der Waals surface area (Å²) in [6.45, 7) is 4.48. The molecule has 3 heteroatoms. The predicted octanol–water partition coefficient (Wildman–Crippen LogP) is 3.83. The van der Waals surface area contributed by atoms with Gasteiger partial charge in [-0.05, 0) is 17.2 Å². The topological polar surface area (TPSA) is 49.9 Å². The van der Waals surface area contributed by atoms with Crippen molar-refractivity contribution in [2.24, 2.45) is 11.7 Å². The molecule has 1 aromatic rings. The normalized spacial score (nSPS) is 14.2. The number of thioether (sulfide) groups is 1. The molecule has 17 heavy (non-hydrogen) atoms. The van der Waals surface area contributed by atoms with Gasteiger partial charge in [-0.1, -0.05) is 50.6 Å². The maximum Gasteiger partial charge on any atom is 0.0919 e. The minimum Gasteiger partial charge on any atom is -0.388 e. The number of hydrogen-bond donors (Lipinski definition) is 2. The molecule has 0 saturated carbocycles. The van der Waals surface area contributed by atoms with Crippen LogP contribution < -0.4 is 5.73 Å². The van der Waals surface area contributed by atoms with E-state index in [2.05, 4.69) is 26.0 Å². The number of benzene rings is 1. The number of nitrogens with one attached hydrogen (secondary N) is 1. The van der Waals surface area contributed by atoms with E-state index in [0.29, 0.717) is 11.7 Å². The lowest BCUT2D eigenvalue weighted by atomic mass is 10.1. The molecule has 2 atom stereocenters. The largest absolute Gasteiger partial charge is 0.388 e. The molecule has 0 saturated heterocycles. The van der Waals surface area contributed by atoms with E-state index in [-0.39, 0.29) is 5.84 Å². The summed E-state index contributed by atoms with van der Waals surface area (Å²) >= 11 is 1.91. The summed E-state index contributed by atoms with van der Waals surface area (Å²) in [6, 6.07) is 10.4. The number of rotatable bonds is 7. The van der Waals surface area contributed by atoms with Crippen molar-refractivity contribution < 1.29 is 0 Å². The van der Waals surface area contributed by atoms with Crippen LogP contribution in [0.15, 0.2) is 30.3 Å². The molecule has 94 valence electrons. The summed E-state index contributed by atoms with van der Waals surface area (Å²) in [6.07, 6.45) is 1.85. The summed E-state index contributed by atoms with van der Waals surface area (Å²) in [5.41, 5.74) is 6.81. The first-order valence-electron chi connectivity index (χ1n) is 6.13. The van der Waals surface area contributed by atoms with Gasteiger partial charge in [0.25, 0.3) is 0 Å². The third kappa shape index (κ3) is 5.26. The summed E-state index contributed by atoms with van der Waals surface area (Å²) in [5.74, 6) is 2.12. The Morgan fingerprint density at radius 2 is 2.00 bits per heavy atom. The lowest BCUT2D eigenvalue weighted by Gasteiger charge is -2.18. The van der Waals surface area contributed by atoms with Gasteiger partial charge in [0, 0.05) is 11.7 Å². The predicted molar refractivity (Wildman–Crippen MR) is 77.6 cm³/mol. The van der Waals surface area contributed by atoms with Crippen LogP contribution in [0.5, 0.6) is 0 Å². The van der Waals surface area contributed by atoms with Gasteiger partial charge in [0.15, 0.2) is 0 Å². The van der Waals surface area contributed by atoms with E-state index in [1.807, 2.05) is 30.0 Å². The molecule has 0 amide bonds. The molecule has 0 bridgehead atoms. The second-order valence-electron chi connectivity index (χ2n) is 4.48. The second-order valence-corrected chi connectivity index (χ2v) is 5.71. The highest BCUT2D eigenvalue weighted by Crippen LogP contribution is 2.33. The van der Waals surface area contributed by atoms with Crippen molar-refractivity contribution in [2.45, 2.75) is 31.9 Å². The quantitative estimate of drug-likeness (QED) is 0.570. The van der Waals surface area contributed by atoms with Crippen molar-refractivity contribution in [1.29, 1.82) is 5.41 Å². The molecule has 1 rings (SSSR count). The second kappa shape index (κ2) is 7.38. The Bertz CT molecular complexity index is 337. The van der Waals surface area contributed by atoms with Gasteiger partial charge in [0.1, 0.15) is 0 Å². The van der Waals surface area contributed by atoms with Crippen molar-refractivity contribution in [1.82, 2.24) is 0 Å². The van der Waals surface area contributed by atoms with Crippen LogP contribution in [0.25, 0.3) is 0 Å². The highest BCUT2D eigenvalue weighted by molar-refractivity contribution is 7.99. The van der Waals surface area contributed by atoms with Crippen molar-refractivity contribution in [3.63, 3.8) is 0 Å². The highest BCUT2D eigenvalue weighted by Gasteiger charge is 2.14. The fourth-order valence-corrected chi connectivity index (χ4v) is 2.98. The van der Waals surface area contributed by atoms with E-state index in [4.69, 9.17) is 11.1 Å². The van der Waals surface area contributed by atoms with Crippen LogP contribution in [0.3, 0.4) is 0 Å². The first-order chi connectivity index (χ1) is 8.13. The van der Waals surface area contributed by atoms with E-state index >= 15 is 0 Å². The van der Waals surface area contributed by atoms with E-state index in [1.165, 1.54) is 12.0 Å². The molecule has 0 aliphatic heterocycles. The SMILES string of the molecule is CCC(C)CSC(CC(=N)N)c1ccccc1. The smallest absolute Gasteiger partial charge is 0.0919 e. The molecule has 3 N–H and O–H groups in total. The molecule has 0 heterocycles. The van der Waals surface area contributed by atoms with Gasteiger partial charge in [0.05, 0.1) is 5.84 Å². The molecule has 0 aliphatic carbocycles. The number of amidine groups is 1. The van der Waals surface area contributed by atoms with Crippen molar-refractivity contribution in [3.05, 3.63) is 35.9 Å². The molecule has 0 fully saturated rings. The molecule has 0 aromatic heterocycles. The standard InChI is InChI=1S/C14H22N2S/c1-3-11(2)10-17-13(9-14(15)16)12-7-5-4-6-8-12/h4-8,11,13H,3,9-10H2,1-2H3,(H3,15,16). The molecular weight excluding hydrogens is 228 g/mol. The van der Waals surface area contributed by atoms with Gasteiger partial charge in [-0.2, -0.15) is 11.8 Å². The minimum absolute atomic E-state index is 0.274. The van der Waals surface area contributed by atoms with Crippen LogP contribution in [0.4, 0.5) is 0 Å². The molecule has 1 aromatic carbocycles. The van der Waals surface area contributed by atoms with E-state index in [1.54, 1.807) is 0 Å². The average molecular weight is 250 g/mol. The molecule has 0 radical (unpaired) electrons. The number of nitrogens with two attached hydrogens (primary N) is 1. The first-order valence-corrected chi connectivity index (χ1v) is 7.17. The van der Waals surface area contributed by atoms with Gasteiger partial charge in [-0.3, -0.25) is 5.41 Å². The summed E-state index contributed by atoms with van der Waals surface area (Å²) in [5, 5.41) is 7.79. The molecule has 2 unspecified atom stereocenters. The Kier molecular flexibility index (Phi) is 6.12. The fourth-order valence-electron chi connectivity index (χ4n) is 1.54. The van der Waals surface area contributed by atoms with Crippen molar-refractivity contribution in [2.75, 3.05) is 5.75 Å². The third-order valence-electron chi connectivity index (χ3n) is 2.86. The van der Waals surface area contributed by atoms with Crippen LogP contribution in [0.1, 0.15) is 37.5 Å². The lowest BCUT2D eigenvalue weighted by Crippen LogP contribution is -2.14. The Labute approximate surface area is 108 Å². The number of hydrogen-bond acceptors (Lipinski definition) is 2. The first kappa shape index (κ1) is 14.1.